The molecule has 39 heavy (non-hydrogen) atoms. The van der Waals surface area contributed by atoms with Crippen molar-refractivity contribution in [2.75, 3.05) is 0 Å². The third-order valence-electron chi connectivity index (χ3n) is 8.35. The van der Waals surface area contributed by atoms with Crippen LogP contribution in [-0.2, 0) is 12.8 Å². The van der Waals surface area contributed by atoms with E-state index in [1.54, 1.807) is 25.8 Å². The molecule has 0 spiro atoms. The van der Waals surface area contributed by atoms with Gasteiger partial charge in [-0.3, -0.25) is 0 Å². The third-order valence-corrected chi connectivity index (χ3v) is 20.4. The Labute approximate surface area is 257 Å². The molecule has 2 aromatic rings. The van der Waals surface area contributed by atoms with Crippen LogP contribution >= 0.6 is 22.7 Å². The Morgan fingerprint density at radius 2 is 0.846 bits per heavy atom. The van der Waals surface area contributed by atoms with Crippen molar-refractivity contribution in [2.45, 2.75) is 177 Å². The molecule has 2 aromatic heterocycles. The van der Waals surface area contributed by atoms with Crippen molar-refractivity contribution >= 4 is 43.9 Å². The number of hydrogen-bond donors (Lipinski definition) is 0. The molecule has 0 fully saturated rings. The van der Waals surface area contributed by atoms with E-state index in [-0.39, 0.29) is 0 Å². The molecule has 0 aliphatic carbocycles. The van der Waals surface area contributed by atoms with Crippen LogP contribution in [0.4, 0.5) is 0 Å². The van der Waals surface area contributed by atoms with Crippen molar-refractivity contribution in [2.24, 2.45) is 0 Å². The second kappa shape index (κ2) is 21.0. The minimum atomic E-state index is -2.11. The Morgan fingerprint density at radius 3 is 1.28 bits per heavy atom. The van der Waals surface area contributed by atoms with Gasteiger partial charge in [-0.25, -0.2) is 0 Å². The number of unbranched alkanes of at least 4 members (excludes halogenated alkanes) is 18. The molecule has 0 aliphatic rings. The van der Waals surface area contributed by atoms with Gasteiger partial charge in [0.2, 0.25) is 0 Å². The van der Waals surface area contributed by atoms with Gasteiger partial charge in [0.15, 0.2) is 0 Å². The van der Waals surface area contributed by atoms with Gasteiger partial charge in [0, 0.05) is 0 Å². The molecule has 3 heteroatoms. The van der Waals surface area contributed by atoms with Gasteiger partial charge in [-0.1, -0.05) is 52.4 Å². The minimum absolute atomic E-state index is 1.28. The molecule has 0 saturated carbocycles. The summed E-state index contributed by atoms with van der Waals surface area (Å²) in [6.07, 6.45) is 31.1. The van der Waals surface area contributed by atoms with Gasteiger partial charge in [0.05, 0.1) is 0 Å². The van der Waals surface area contributed by atoms with E-state index in [4.69, 9.17) is 0 Å². The van der Waals surface area contributed by atoms with Gasteiger partial charge in [-0.2, -0.15) is 0 Å². The van der Waals surface area contributed by atoms with Crippen molar-refractivity contribution in [3.8, 4) is 9.75 Å². The zero-order valence-electron chi connectivity index (χ0n) is 27.0. The maximum atomic E-state index is 2.62. The Balaban J connectivity index is 1.78. The molecule has 2 heterocycles. The monoisotopic (exact) mass is 680 g/mol. The first kappa shape index (κ1) is 35.4. The van der Waals surface area contributed by atoms with E-state index in [0.29, 0.717) is 0 Å². The molecule has 0 nitrogen and oxygen atoms in total. The summed E-state index contributed by atoms with van der Waals surface area (Å²) < 4.78 is 1.83. The number of aryl methyl sites for hydroxylation is 3. The normalized spacial score (nSPS) is 12.1. The molecule has 0 unspecified atom stereocenters. The molecular formula is C36H64S2Sn. The maximum absolute atomic E-state index is 2.62. The molecular weight excluding hydrogens is 615 g/mol. The van der Waals surface area contributed by atoms with Crippen LogP contribution in [0.2, 0.25) is 14.8 Å². The summed E-state index contributed by atoms with van der Waals surface area (Å²) >= 11 is 2.12. The first-order chi connectivity index (χ1) is 18.9. The average molecular weight is 680 g/mol. The number of hydrogen-bond acceptors (Lipinski definition) is 2. The van der Waals surface area contributed by atoms with Crippen LogP contribution < -0.4 is 2.89 Å². The van der Waals surface area contributed by atoms with Crippen molar-refractivity contribution in [3.63, 3.8) is 0 Å². The van der Waals surface area contributed by atoms with Crippen LogP contribution in [-0.4, -0.2) is 18.4 Å². The van der Waals surface area contributed by atoms with E-state index in [9.17, 15) is 0 Å². The molecule has 0 aliphatic heterocycles. The second-order valence-corrected chi connectivity index (χ2v) is 30.9. The van der Waals surface area contributed by atoms with E-state index >= 15 is 0 Å². The quantitative estimate of drug-likeness (QED) is 0.0765. The van der Waals surface area contributed by atoms with Crippen LogP contribution in [0.25, 0.3) is 9.75 Å². The Morgan fingerprint density at radius 1 is 0.487 bits per heavy atom. The van der Waals surface area contributed by atoms with Gasteiger partial charge in [-0.05, 0) is 0 Å². The van der Waals surface area contributed by atoms with Gasteiger partial charge < -0.3 is 0 Å². The fourth-order valence-electron chi connectivity index (χ4n) is 5.87. The van der Waals surface area contributed by atoms with Crippen molar-refractivity contribution in [1.82, 2.24) is 0 Å². The fourth-order valence-corrected chi connectivity index (χ4v) is 15.2. The zero-order valence-corrected chi connectivity index (χ0v) is 31.5. The molecule has 0 amide bonds. The molecule has 0 atom stereocenters. The number of rotatable bonds is 24. The van der Waals surface area contributed by atoms with Crippen LogP contribution in [0.15, 0.2) is 12.1 Å². The fraction of sp³-hybridized carbons (Fsp3) is 0.778. The summed E-state index contributed by atoms with van der Waals surface area (Å²) in [6, 6.07) is 5.18. The topological polar surface area (TPSA) is 0 Å². The molecule has 0 N–H and O–H groups in total. The van der Waals surface area contributed by atoms with Crippen molar-refractivity contribution in [1.29, 1.82) is 0 Å². The van der Waals surface area contributed by atoms with E-state index in [2.05, 4.69) is 70.4 Å². The summed E-state index contributed by atoms with van der Waals surface area (Å²) in [5, 5.41) is 0. The van der Waals surface area contributed by atoms with E-state index in [1.165, 1.54) is 141 Å². The average Bonchev–Trinajstić information content (AvgIpc) is 3.50. The zero-order chi connectivity index (χ0) is 28.3. The predicted molar refractivity (Wildman–Crippen MR) is 186 cm³/mol. The molecule has 0 radical (unpaired) electrons. The first-order valence-corrected chi connectivity index (χ1v) is 28.7. The molecule has 0 saturated heterocycles. The number of thiophene rings is 2. The Kier molecular flexibility index (Phi) is 19.0. The van der Waals surface area contributed by atoms with Crippen LogP contribution in [0.5, 0.6) is 0 Å². The predicted octanol–water partition coefficient (Wildman–Crippen LogP) is 13.3. The van der Waals surface area contributed by atoms with E-state index < -0.39 is 18.4 Å². The summed E-state index contributed by atoms with van der Waals surface area (Å²) in [5.74, 6) is 0. The SMILES string of the molecule is CCCCCCCCCCCCc1cc(-c2cc(CCCCCCCCCCCC)[c]([Sn]([CH3])([CH3])[CH3])s2)sc1C. The van der Waals surface area contributed by atoms with Crippen LogP contribution in [0.3, 0.4) is 0 Å². The summed E-state index contributed by atoms with van der Waals surface area (Å²) in [7, 11) is 0. The van der Waals surface area contributed by atoms with Gasteiger partial charge in [-0.15, -0.1) is 0 Å². The van der Waals surface area contributed by atoms with Gasteiger partial charge in [0.25, 0.3) is 0 Å². The van der Waals surface area contributed by atoms with E-state index in [1.807, 2.05) is 2.89 Å². The second-order valence-electron chi connectivity index (χ2n) is 13.3. The first-order valence-electron chi connectivity index (χ1n) is 17.1. The third kappa shape index (κ3) is 14.8. The van der Waals surface area contributed by atoms with Crippen molar-refractivity contribution in [3.05, 3.63) is 28.1 Å². The molecule has 0 bridgehead atoms. The molecule has 224 valence electrons. The standard InChI is InChI=1S/C33H55S2.3CH3.Sn/c1-4-6-8-10-12-14-16-18-20-22-24-30-26-32(34-28-30)33-27-31(29(3)35-33)25-23-21-19-17-15-13-11-9-7-5-2;;;;/h26-27H,4-25H2,1-3H3;3*1H3;. The van der Waals surface area contributed by atoms with Crippen LogP contribution in [0, 0.1) is 6.92 Å². The Hall–Kier alpha value is 0.199. The van der Waals surface area contributed by atoms with Crippen LogP contribution in [0.1, 0.15) is 158 Å². The van der Waals surface area contributed by atoms with Gasteiger partial charge in [0.1, 0.15) is 0 Å². The summed E-state index contributed by atoms with van der Waals surface area (Å²) in [5.41, 5.74) is 3.35. The Bertz CT molecular complexity index is 869. The van der Waals surface area contributed by atoms with Gasteiger partial charge >= 0.3 is 206 Å². The van der Waals surface area contributed by atoms with E-state index in [0.717, 1.165) is 0 Å². The summed E-state index contributed by atoms with van der Waals surface area (Å²) in [6.45, 7) is 6.98. The molecule has 2 rings (SSSR count). The van der Waals surface area contributed by atoms with Crippen molar-refractivity contribution < 1.29 is 0 Å². The molecule has 0 aromatic carbocycles. The summed E-state index contributed by atoms with van der Waals surface area (Å²) in [4.78, 5) is 12.5.